The number of ether oxygens (including phenoxy) is 1. The molecular formula is C10H13N3O3S2. The minimum absolute atomic E-state index is 0.105. The van der Waals surface area contributed by atoms with Crippen LogP contribution in [0, 0.1) is 0 Å². The molecule has 2 aliphatic rings. The largest absolute Gasteiger partial charge is 0.465 e. The van der Waals surface area contributed by atoms with Crippen molar-refractivity contribution in [3.8, 4) is 0 Å². The van der Waals surface area contributed by atoms with Gasteiger partial charge in [-0.25, -0.2) is 5.01 Å². The summed E-state index contributed by atoms with van der Waals surface area (Å²) in [5.74, 6) is -0.132. The minimum atomic E-state index is -0.258. The number of nitrogens with zero attached hydrogens (tertiary/aromatic N) is 3. The van der Waals surface area contributed by atoms with E-state index in [1.54, 1.807) is 11.9 Å². The number of hydrazone groups is 1. The molecule has 0 spiro atoms. The molecule has 0 unspecified atom stereocenters. The number of hydrogen-bond acceptors (Lipinski definition) is 7. The van der Waals surface area contributed by atoms with E-state index in [9.17, 15) is 9.59 Å². The minimum Gasteiger partial charge on any atom is -0.465 e. The first kappa shape index (κ1) is 13.4. The quantitative estimate of drug-likeness (QED) is 0.728. The first-order chi connectivity index (χ1) is 8.69. The van der Waals surface area contributed by atoms with E-state index >= 15 is 0 Å². The van der Waals surface area contributed by atoms with E-state index in [0.29, 0.717) is 24.7 Å². The molecule has 6 nitrogen and oxygen atoms in total. The van der Waals surface area contributed by atoms with E-state index in [1.165, 1.54) is 23.5 Å². The molecule has 98 valence electrons. The summed E-state index contributed by atoms with van der Waals surface area (Å²) in [6.45, 7) is 2.85. The van der Waals surface area contributed by atoms with E-state index in [4.69, 9.17) is 4.74 Å². The molecule has 0 saturated carbocycles. The standard InChI is InChI=1S/C10H13N3O3S2/c1-2-16-8(15)6-17-10-12-13-5-3-4-7(14)11-9(13)18-10/h2-6H2,1H3. The van der Waals surface area contributed by atoms with Crippen LogP contribution in [-0.4, -0.2) is 45.3 Å². The van der Waals surface area contributed by atoms with E-state index in [-0.39, 0.29) is 17.6 Å². The number of amides is 1. The lowest BCUT2D eigenvalue weighted by atomic mass is 10.3. The van der Waals surface area contributed by atoms with Crippen LogP contribution in [0.25, 0.3) is 0 Å². The SMILES string of the molecule is CCOC(=O)CSC1=NN2CCCC(=O)N=C2S1. The van der Waals surface area contributed by atoms with Gasteiger partial charge in [0.1, 0.15) is 0 Å². The fourth-order valence-electron chi connectivity index (χ4n) is 1.44. The summed E-state index contributed by atoms with van der Waals surface area (Å²) in [6, 6.07) is 0. The number of thioether (sulfide) groups is 2. The molecule has 2 aliphatic heterocycles. The predicted molar refractivity (Wildman–Crippen MR) is 72.5 cm³/mol. The molecule has 0 aromatic carbocycles. The smallest absolute Gasteiger partial charge is 0.316 e. The summed E-state index contributed by atoms with van der Waals surface area (Å²) in [6.07, 6.45) is 1.23. The lowest BCUT2D eigenvalue weighted by Crippen LogP contribution is -2.18. The Hall–Kier alpha value is -1.02. The van der Waals surface area contributed by atoms with Crippen molar-refractivity contribution in [3.05, 3.63) is 0 Å². The third-order valence-corrected chi connectivity index (χ3v) is 4.25. The van der Waals surface area contributed by atoms with Gasteiger partial charge in [0.2, 0.25) is 5.91 Å². The monoisotopic (exact) mass is 287 g/mol. The van der Waals surface area contributed by atoms with Gasteiger partial charge in [0, 0.05) is 13.0 Å². The van der Waals surface area contributed by atoms with Gasteiger partial charge in [-0.05, 0) is 25.1 Å². The van der Waals surface area contributed by atoms with Crippen LogP contribution >= 0.6 is 23.5 Å². The Kier molecular flexibility index (Phi) is 4.65. The summed E-state index contributed by atoms with van der Waals surface area (Å²) < 4.78 is 5.57. The van der Waals surface area contributed by atoms with Crippen molar-refractivity contribution in [2.75, 3.05) is 18.9 Å². The van der Waals surface area contributed by atoms with Gasteiger partial charge in [0.15, 0.2) is 9.54 Å². The Labute approximate surface area is 113 Å². The summed E-state index contributed by atoms with van der Waals surface area (Å²) >= 11 is 2.64. The maximum Gasteiger partial charge on any atom is 0.316 e. The fourth-order valence-corrected chi connectivity index (χ4v) is 3.24. The van der Waals surface area contributed by atoms with E-state index < -0.39 is 0 Å². The van der Waals surface area contributed by atoms with Crippen molar-refractivity contribution in [1.29, 1.82) is 0 Å². The van der Waals surface area contributed by atoms with Gasteiger partial charge in [-0.15, -0.1) is 0 Å². The Balaban J connectivity index is 1.89. The zero-order chi connectivity index (χ0) is 13.0. The number of amidine groups is 1. The Morgan fingerprint density at radius 3 is 3.22 bits per heavy atom. The summed E-state index contributed by atoms with van der Waals surface area (Å²) in [4.78, 5) is 26.5. The molecule has 2 rings (SSSR count). The van der Waals surface area contributed by atoms with Gasteiger partial charge in [-0.3, -0.25) is 9.59 Å². The number of carbonyl (C=O) groups is 2. The molecule has 18 heavy (non-hydrogen) atoms. The maximum atomic E-state index is 11.3. The van der Waals surface area contributed by atoms with Gasteiger partial charge in [0.25, 0.3) is 0 Å². The number of hydrogen-bond donors (Lipinski definition) is 0. The van der Waals surface area contributed by atoms with Crippen molar-refractivity contribution >= 4 is 44.9 Å². The number of rotatable bonds is 3. The van der Waals surface area contributed by atoms with Crippen LogP contribution in [0.1, 0.15) is 19.8 Å². The van der Waals surface area contributed by atoms with Gasteiger partial charge in [0.05, 0.1) is 12.4 Å². The summed E-state index contributed by atoms with van der Waals surface area (Å²) in [7, 11) is 0. The molecule has 2 heterocycles. The molecular weight excluding hydrogens is 274 g/mol. The van der Waals surface area contributed by atoms with Crippen molar-refractivity contribution < 1.29 is 14.3 Å². The summed E-state index contributed by atoms with van der Waals surface area (Å²) in [5, 5.41) is 6.66. The van der Waals surface area contributed by atoms with Crippen molar-refractivity contribution in [3.63, 3.8) is 0 Å². The second-order valence-electron chi connectivity index (χ2n) is 3.58. The molecule has 8 heteroatoms. The van der Waals surface area contributed by atoms with Gasteiger partial charge >= 0.3 is 5.97 Å². The van der Waals surface area contributed by atoms with Crippen LogP contribution in [0.3, 0.4) is 0 Å². The first-order valence-corrected chi connectivity index (χ1v) is 7.43. The Morgan fingerprint density at radius 2 is 2.44 bits per heavy atom. The van der Waals surface area contributed by atoms with Crippen molar-refractivity contribution in [2.24, 2.45) is 10.1 Å². The Morgan fingerprint density at radius 1 is 1.61 bits per heavy atom. The van der Waals surface area contributed by atoms with E-state index in [1.807, 2.05) is 0 Å². The van der Waals surface area contributed by atoms with Gasteiger partial charge < -0.3 is 4.74 Å². The third kappa shape index (κ3) is 3.49. The van der Waals surface area contributed by atoms with Crippen LogP contribution in [0.2, 0.25) is 0 Å². The van der Waals surface area contributed by atoms with Crippen LogP contribution < -0.4 is 0 Å². The molecule has 0 fully saturated rings. The normalized spacial score (nSPS) is 18.9. The molecule has 0 saturated heterocycles. The predicted octanol–water partition coefficient (Wildman–Crippen LogP) is 1.28. The summed E-state index contributed by atoms with van der Waals surface area (Å²) in [5.41, 5.74) is 0. The highest BCUT2D eigenvalue weighted by Gasteiger charge is 2.27. The van der Waals surface area contributed by atoms with E-state index in [2.05, 4.69) is 10.1 Å². The van der Waals surface area contributed by atoms with Crippen LogP contribution in [0.4, 0.5) is 0 Å². The number of fused-ring (bicyclic) bond motifs is 1. The third-order valence-electron chi connectivity index (χ3n) is 2.20. The van der Waals surface area contributed by atoms with Crippen LogP contribution in [0.5, 0.6) is 0 Å². The number of esters is 1. The van der Waals surface area contributed by atoms with Gasteiger partial charge in [-0.1, -0.05) is 11.8 Å². The highest BCUT2D eigenvalue weighted by Crippen LogP contribution is 2.29. The second-order valence-corrected chi connectivity index (χ2v) is 5.75. The van der Waals surface area contributed by atoms with Crippen molar-refractivity contribution in [1.82, 2.24) is 5.01 Å². The van der Waals surface area contributed by atoms with Gasteiger partial charge in [-0.2, -0.15) is 10.1 Å². The lowest BCUT2D eigenvalue weighted by molar-refractivity contribution is -0.139. The van der Waals surface area contributed by atoms with E-state index in [0.717, 1.165) is 10.8 Å². The molecule has 1 amide bonds. The van der Waals surface area contributed by atoms with Crippen LogP contribution in [-0.2, 0) is 14.3 Å². The topological polar surface area (TPSA) is 71.3 Å². The molecule has 0 bridgehead atoms. The lowest BCUT2D eigenvalue weighted by Gasteiger charge is -2.08. The molecule has 0 radical (unpaired) electrons. The van der Waals surface area contributed by atoms with Crippen molar-refractivity contribution in [2.45, 2.75) is 19.8 Å². The molecule has 0 aromatic heterocycles. The second kappa shape index (κ2) is 6.24. The average Bonchev–Trinajstić information content (AvgIpc) is 2.61. The van der Waals surface area contributed by atoms with Crippen LogP contribution in [0.15, 0.2) is 10.1 Å². The maximum absolute atomic E-state index is 11.3. The molecule has 0 aliphatic carbocycles. The average molecular weight is 287 g/mol. The molecule has 0 N–H and O–H groups in total. The Bertz CT molecular complexity index is 423. The highest BCUT2D eigenvalue weighted by atomic mass is 32.2. The zero-order valence-corrected chi connectivity index (χ0v) is 11.6. The first-order valence-electron chi connectivity index (χ1n) is 5.63. The number of carbonyl (C=O) groups excluding carboxylic acids is 2. The molecule has 0 atom stereocenters. The molecule has 0 aromatic rings. The number of aliphatic imine (C=N–C) groups is 1. The zero-order valence-electron chi connectivity index (χ0n) is 9.92. The highest BCUT2D eigenvalue weighted by molar-refractivity contribution is 8.45. The fraction of sp³-hybridized carbons (Fsp3) is 0.600.